The Labute approximate surface area is 163 Å². The molecule has 0 aliphatic heterocycles. The highest BCUT2D eigenvalue weighted by molar-refractivity contribution is 8.01. The number of hydrogen-bond donors (Lipinski definition) is 2. The minimum absolute atomic E-state index is 0.00998. The normalized spacial score (nSPS) is 12.0. The number of aromatic nitrogens is 2. The van der Waals surface area contributed by atoms with Gasteiger partial charge in [0.1, 0.15) is 0 Å². The van der Waals surface area contributed by atoms with Crippen molar-refractivity contribution < 1.29 is 9.53 Å². The topological polar surface area (TPSA) is 76.1 Å². The number of aryl methyl sites for hydroxylation is 3. The minimum atomic E-state index is -0.0249. The molecule has 1 aromatic carbocycles. The summed E-state index contributed by atoms with van der Waals surface area (Å²) in [6.07, 6.45) is 0. The van der Waals surface area contributed by atoms with Crippen molar-refractivity contribution in [2.24, 2.45) is 0 Å². The van der Waals surface area contributed by atoms with E-state index in [2.05, 4.69) is 53.7 Å². The fourth-order valence-electron chi connectivity index (χ4n) is 2.54. The Morgan fingerprint density at radius 2 is 1.96 bits per heavy atom. The Morgan fingerprint density at radius 1 is 1.23 bits per heavy atom. The fourth-order valence-corrected chi connectivity index (χ4v) is 4.13. The highest BCUT2D eigenvalue weighted by atomic mass is 32.2. The molecule has 0 fully saturated rings. The van der Waals surface area contributed by atoms with Crippen LogP contribution in [0.4, 0.5) is 5.13 Å². The third-order valence-electron chi connectivity index (χ3n) is 4.04. The Balaban J connectivity index is 1.84. The molecule has 0 bridgehead atoms. The van der Waals surface area contributed by atoms with Crippen molar-refractivity contribution in [3.8, 4) is 0 Å². The van der Waals surface area contributed by atoms with Gasteiger partial charge in [-0.05, 0) is 49.9 Å². The predicted octanol–water partition coefficient (Wildman–Crippen LogP) is 3.49. The summed E-state index contributed by atoms with van der Waals surface area (Å²) in [5, 5.41) is 15.1. The van der Waals surface area contributed by atoms with Gasteiger partial charge in [-0.25, -0.2) is 0 Å². The van der Waals surface area contributed by atoms with Crippen molar-refractivity contribution >= 4 is 34.1 Å². The zero-order valence-corrected chi connectivity index (χ0v) is 17.5. The highest BCUT2D eigenvalue weighted by Crippen LogP contribution is 2.26. The lowest BCUT2D eigenvalue weighted by Crippen LogP contribution is -2.28. The molecule has 2 N–H and O–H groups in total. The van der Waals surface area contributed by atoms with E-state index in [0.717, 1.165) is 15.0 Å². The van der Waals surface area contributed by atoms with Gasteiger partial charge in [0.15, 0.2) is 4.34 Å². The maximum Gasteiger partial charge on any atom is 0.230 e. The first-order valence-corrected chi connectivity index (χ1v) is 10.3. The van der Waals surface area contributed by atoms with Gasteiger partial charge in [0, 0.05) is 13.7 Å². The molecular formula is C18H26N4O2S2. The number of rotatable bonds is 9. The lowest BCUT2D eigenvalue weighted by atomic mass is 9.96. The van der Waals surface area contributed by atoms with Gasteiger partial charge < -0.3 is 15.4 Å². The molecule has 0 unspecified atom stereocenters. The van der Waals surface area contributed by atoms with Crippen LogP contribution in [0.1, 0.15) is 35.2 Å². The Kier molecular flexibility index (Phi) is 7.86. The van der Waals surface area contributed by atoms with Gasteiger partial charge in [0.05, 0.1) is 18.4 Å². The van der Waals surface area contributed by atoms with E-state index >= 15 is 0 Å². The summed E-state index contributed by atoms with van der Waals surface area (Å²) >= 11 is 2.84. The monoisotopic (exact) mass is 394 g/mol. The van der Waals surface area contributed by atoms with Crippen molar-refractivity contribution in [3.63, 3.8) is 0 Å². The molecule has 1 amide bonds. The highest BCUT2D eigenvalue weighted by Gasteiger charge is 2.14. The van der Waals surface area contributed by atoms with Gasteiger partial charge in [0.25, 0.3) is 0 Å². The SMILES string of the molecule is COCCNc1nnc(SCC(=O)N[C@@H](C)c2cc(C)c(C)cc2C)s1. The van der Waals surface area contributed by atoms with Crippen LogP contribution in [0.25, 0.3) is 0 Å². The molecule has 2 aromatic rings. The molecule has 1 heterocycles. The molecular weight excluding hydrogens is 368 g/mol. The molecule has 2 rings (SSSR count). The van der Waals surface area contributed by atoms with Gasteiger partial charge in [-0.3, -0.25) is 4.79 Å². The number of benzene rings is 1. The smallest absolute Gasteiger partial charge is 0.230 e. The summed E-state index contributed by atoms with van der Waals surface area (Å²) < 4.78 is 5.75. The van der Waals surface area contributed by atoms with Crippen LogP contribution in [0.3, 0.4) is 0 Å². The number of carbonyl (C=O) groups excluding carboxylic acids is 1. The maximum absolute atomic E-state index is 12.3. The Bertz CT molecular complexity index is 749. The van der Waals surface area contributed by atoms with Crippen LogP contribution < -0.4 is 10.6 Å². The second-order valence-corrected chi connectivity index (χ2v) is 8.36. The average Bonchev–Trinajstić information content (AvgIpc) is 3.04. The third kappa shape index (κ3) is 5.96. The van der Waals surface area contributed by atoms with Crippen molar-refractivity contribution in [1.29, 1.82) is 0 Å². The van der Waals surface area contributed by atoms with E-state index in [4.69, 9.17) is 4.74 Å². The lowest BCUT2D eigenvalue weighted by molar-refractivity contribution is -0.119. The van der Waals surface area contributed by atoms with Crippen molar-refractivity contribution in [1.82, 2.24) is 15.5 Å². The van der Waals surface area contributed by atoms with E-state index in [1.165, 1.54) is 39.8 Å². The zero-order chi connectivity index (χ0) is 19.1. The summed E-state index contributed by atoms with van der Waals surface area (Å²) in [5.41, 5.74) is 4.87. The average molecular weight is 395 g/mol. The molecule has 1 atom stereocenters. The first-order valence-electron chi connectivity index (χ1n) is 8.47. The van der Waals surface area contributed by atoms with E-state index in [0.29, 0.717) is 18.9 Å². The number of ether oxygens (including phenoxy) is 1. The maximum atomic E-state index is 12.3. The minimum Gasteiger partial charge on any atom is -0.383 e. The molecule has 0 spiro atoms. The third-order valence-corrected chi connectivity index (χ3v) is 6.06. The number of carbonyl (C=O) groups is 1. The van der Waals surface area contributed by atoms with Crippen LogP contribution in [0.15, 0.2) is 16.5 Å². The quantitative estimate of drug-likeness (QED) is 0.501. The van der Waals surface area contributed by atoms with Gasteiger partial charge in [-0.2, -0.15) is 0 Å². The first kappa shape index (κ1) is 20.7. The van der Waals surface area contributed by atoms with Crippen LogP contribution in [0.5, 0.6) is 0 Å². The van der Waals surface area contributed by atoms with Crippen molar-refractivity contribution in [2.75, 3.05) is 31.3 Å². The van der Waals surface area contributed by atoms with Crippen molar-refractivity contribution in [3.05, 3.63) is 34.4 Å². The molecule has 0 aliphatic rings. The van der Waals surface area contributed by atoms with Crippen LogP contribution >= 0.6 is 23.1 Å². The van der Waals surface area contributed by atoms with Crippen LogP contribution in [0.2, 0.25) is 0 Å². The molecule has 0 radical (unpaired) electrons. The summed E-state index contributed by atoms with van der Waals surface area (Å²) in [7, 11) is 1.65. The van der Waals surface area contributed by atoms with E-state index in [1.54, 1.807) is 7.11 Å². The van der Waals surface area contributed by atoms with Gasteiger partial charge >= 0.3 is 0 Å². The van der Waals surface area contributed by atoms with Crippen LogP contribution in [-0.4, -0.2) is 42.1 Å². The number of nitrogens with zero attached hydrogens (tertiary/aromatic N) is 2. The van der Waals surface area contributed by atoms with Crippen LogP contribution in [0, 0.1) is 20.8 Å². The molecule has 1 aromatic heterocycles. The largest absolute Gasteiger partial charge is 0.383 e. The second kappa shape index (κ2) is 9.89. The van der Waals surface area contributed by atoms with Crippen molar-refractivity contribution in [2.45, 2.75) is 38.1 Å². The Hall–Kier alpha value is -1.64. The molecule has 142 valence electrons. The number of methoxy groups -OCH3 is 1. The van der Waals surface area contributed by atoms with E-state index in [1.807, 2.05) is 6.92 Å². The molecule has 0 saturated carbocycles. The van der Waals surface area contributed by atoms with E-state index in [-0.39, 0.29) is 11.9 Å². The lowest BCUT2D eigenvalue weighted by Gasteiger charge is -2.18. The van der Waals surface area contributed by atoms with E-state index < -0.39 is 0 Å². The van der Waals surface area contributed by atoms with Gasteiger partial charge in [-0.15, -0.1) is 10.2 Å². The van der Waals surface area contributed by atoms with E-state index in [9.17, 15) is 4.79 Å². The summed E-state index contributed by atoms with van der Waals surface area (Å²) in [4.78, 5) is 12.3. The molecule has 0 aliphatic carbocycles. The van der Waals surface area contributed by atoms with Gasteiger partial charge in [-0.1, -0.05) is 35.2 Å². The zero-order valence-electron chi connectivity index (χ0n) is 15.9. The Morgan fingerprint density at radius 3 is 2.69 bits per heavy atom. The molecule has 8 heteroatoms. The molecule has 6 nitrogen and oxygen atoms in total. The summed E-state index contributed by atoms with van der Waals surface area (Å²) in [6.45, 7) is 9.59. The van der Waals surface area contributed by atoms with Crippen LogP contribution in [-0.2, 0) is 9.53 Å². The second-order valence-electron chi connectivity index (χ2n) is 6.16. The number of thioether (sulfide) groups is 1. The fraction of sp³-hybridized carbons (Fsp3) is 0.500. The number of amides is 1. The van der Waals surface area contributed by atoms with Gasteiger partial charge in [0.2, 0.25) is 11.0 Å². The summed E-state index contributed by atoms with van der Waals surface area (Å²) in [5.74, 6) is 0.310. The summed E-state index contributed by atoms with van der Waals surface area (Å²) in [6, 6.07) is 4.30. The number of nitrogens with one attached hydrogen (secondary N) is 2. The predicted molar refractivity (Wildman–Crippen MR) is 108 cm³/mol. The number of hydrogen-bond acceptors (Lipinski definition) is 7. The standard InChI is InChI=1S/C18H26N4O2S2/c1-11-8-13(3)15(9-12(11)2)14(4)20-16(23)10-25-18-22-21-17(26-18)19-6-7-24-5/h8-9,14H,6-7,10H2,1-5H3,(H,19,21)(H,20,23)/t14-/m0/s1. The molecule has 0 saturated heterocycles. The molecule has 26 heavy (non-hydrogen) atoms. The number of anilines is 1. The first-order chi connectivity index (χ1) is 12.4.